The van der Waals surface area contributed by atoms with E-state index in [-0.39, 0.29) is 18.9 Å². The fourth-order valence-corrected chi connectivity index (χ4v) is 4.39. The third kappa shape index (κ3) is 3.38. The minimum Gasteiger partial charge on any atom is -0.459 e. The van der Waals surface area contributed by atoms with Crippen LogP contribution in [-0.2, 0) is 9.53 Å². The normalized spacial score (nSPS) is 26.6. The van der Waals surface area contributed by atoms with Gasteiger partial charge in [0.1, 0.15) is 6.10 Å². The van der Waals surface area contributed by atoms with Gasteiger partial charge in [-0.2, -0.15) is 0 Å². The highest BCUT2D eigenvalue weighted by Crippen LogP contribution is 2.42. The summed E-state index contributed by atoms with van der Waals surface area (Å²) in [5.41, 5.74) is 1.59. The van der Waals surface area contributed by atoms with Crippen molar-refractivity contribution < 1.29 is 23.8 Å². The molecule has 1 saturated carbocycles. The Kier molecular flexibility index (Phi) is 4.75. The van der Waals surface area contributed by atoms with Crippen molar-refractivity contribution in [3.8, 4) is 11.5 Å². The lowest BCUT2D eigenvalue weighted by Crippen LogP contribution is -2.45. The molecule has 2 amide bonds. The average Bonchev–Trinajstić information content (AvgIpc) is 3.22. The number of nitrogens with one attached hydrogen (secondary N) is 2. The van der Waals surface area contributed by atoms with E-state index in [9.17, 15) is 9.59 Å². The average molecular weight is 437 g/mol. The van der Waals surface area contributed by atoms with Crippen LogP contribution >= 0.6 is 15.9 Å². The number of fused-ring (bicyclic) bond motifs is 1. The Hall–Kier alpha value is -2.22. The van der Waals surface area contributed by atoms with Crippen LogP contribution in [-0.4, -0.2) is 24.9 Å². The number of esters is 1. The Morgan fingerprint density at radius 2 is 2.00 bits per heavy atom. The van der Waals surface area contributed by atoms with Gasteiger partial charge in [0, 0.05) is 10.2 Å². The molecule has 1 aromatic carbocycles. The summed E-state index contributed by atoms with van der Waals surface area (Å²) in [6.07, 6.45) is 2.90. The molecule has 3 aliphatic rings. The molecule has 8 heteroatoms. The molecule has 2 heterocycles. The highest BCUT2D eigenvalue weighted by Gasteiger charge is 2.36. The molecule has 7 nitrogen and oxygen atoms in total. The predicted octanol–water partition coefficient (Wildman–Crippen LogP) is 3.54. The van der Waals surface area contributed by atoms with Gasteiger partial charge in [0.05, 0.1) is 11.6 Å². The van der Waals surface area contributed by atoms with Crippen molar-refractivity contribution in [2.75, 3.05) is 6.79 Å². The number of allylic oxidation sites excluding steroid dienone is 1. The summed E-state index contributed by atoms with van der Waals surface area (Å²) in [6, 6.07) is 2.55. The number of benzene rings is 1. The summed E-state index contributed by atoms with van der Waals surface area (Å²) in [6.45, 7) is 3.95. The van der Waals surface area contributed by atoms with Gasteiger partial charge in [-0.1, -0.05) is 22.9 Å². The van der Waals surface area contributed by atoms with Crippen molar-refractivity contribution in [1.82, 2.24) is 10.6 Å². The molecule has 2 aliphatic heterocycles. The number of hydrogen-bond donors (Lipinski definition) is 2. The van der Waals surface area contributed by atoms with Gasteiger partial charge >= 0.3 is 12.0 Å². The standard InChI is InChI=1S/C19H21BrN2O5/c1-9-4-3-5-13(9)27-18(23)16-10(2)21-19(24)22-17(16)11-6-14-15(7-12(11)20)26-8-25-14/h6-7,9,13,17H,3-5,8H2,1-2H3,(H2,21,22,24)/t9-,13+,17-/m0/s1. The number of urea groups is 1. The second-order valence-corrected chi connectivity index (χ2v) is 8.00. The Morgan fingerprint density at radius 1 is 1.26 bits per heavy atom. The van der Waals surface area contributed by atoms with E-state index >= 15 is 0 Å². The maximum Gasteiger partial charge on any atom is 0.338 e. The van der Waals surface area contributed by atoms with Crippen LogP contribution in [0.1, 0.15) is 44.7 Å². The Labute approximate surface area is 165 Å². The van der Waals surface area contributed by atoms with Gasteiger partial charge in [-0.3, -0.25) is 0 Å². The van der Waals surface area contributed by atoms with Crippen LogP contribution in [0.2, 0.25) is 0 Å². The molecule has 144 valence electrons. The van der Waals surface area contributed by atoms with Crippen molar-refractivity contribution in [2.24, 2.45) is 5.92 Å². The molecule has 0 unspecified atom stereocenters. The largest absolute Gasteiger partial charge is 0.459 e. The summed E-state index contributed by atoms with van der Waals surface area (Å²) < 4.78 is 17.3. The van der Waals surface area contributed by atoms with Crippen molar-refractivity contribution in [3.05, 3.63) is 33.4 Å². The van der Waals surface area contributed by atoms with Crippen LogP contribution in [0, 0.1) is 5.92 Å². The van der Waals surface area contributed by atoms with Gasteiger partial charge in [-0.15, -0.1) is 0 Å². The van der Waals surface area contributed by atoms with Gasteiger partial charge in [-0.25, -0.2) is 9.59 Å². The lowest BCUT2D eigenvalue weighted by Gasteiger charge is -2.30. The fraction of sp³-hybridized carbons (Fsp3) is 0.474. The molecule has 0 radical (unpaired) electrons. The van der Waals surface area contributed by atoms with Crippen molar-refractivity contribution in [1.29, 1.82) is 0 Å². The van der Waals surface area contributed by atoms with Gasteiger partial charge in [0.15, 0.2) is 11.5 Å². The maximum atomic E-state index is 13.0. The molecule has 3 atom stereocenters. The van der Waals surface area contributed by atoms with Crippen molar-refractivity contribution in [2.45, 2.75) is 45.3 Å². The Balaban J connectivity index is 1.68. The van der Waals surface area contributed by atoms with Crippen LogP contribution in [0.15, 0.2) is 27.9 Å². The van der Waals surface area contributed by atoms with E-state index in [1.165, 1.54) is 0 Å². The van der Waals surface area contributed by atoms with Crippen LogP contribution in [0.5, 0.6) is 11.5 Å². The van der Waals surface area contributed by atoms with Crippen LogP contribution in [0.4, 0.5) is 4.79 Å². The number of amides is 2. The van der Waals surface area contributed by atoms with Gasteiger partial charge in [0.25, 0.3) is 0 Å². The second kappa shape index (κ2) is 7.07. The smallest absolute Gasteiger partial charge is 0.338 e. The van der Waals surface area contributed by atoms with Crippen LogP contribution < -0.4 is 20.1 Å². The number of carbonyl (C=O) groups excluding carboxylic acids is 2. The second-order valence-electron chi connectivity index (χ2n) is 7.15. The molecule has 27 heavy (non-hydrogen) atoms. The lowest BCUT2D eigenvalue weighted by molar-refractivity contribution is -0.146. The van der Waals surface area contributed by atoms with Crippen molar-refractivity contribution >= 4 is 27.9 Å². The van der Waals surface area contributed by atoms with E-state index in [1.807, 2.05) is 0 Å². The van der Waals surface area contributed by atoms with Gasteiger partial charge in [-0.05, 0) is 49.8 Å². The maximum absolute atomic E-state index is 13.0. The Morgan fingerprint density at radius 3 is 2.70 bits per heavy atom. The van der Waals surface area contributed by atoms with E-state index in [2.05, 4.69) is 33.5 Å². The molecule has 0 saturated heterocycles. The van der Waals surface area contributed by atoms with E-state index in [4.69, 9.17) is 14.2 Å². The van der Waals surface area contributed by atoms with E-state index in [1.54, 1.807) is 19.1 Å². The minimum absolute atomic E-state index is 0.0868. The third-order valence-electron chi connectivity index (χ3n) is 5.33. The molecule has 1 aromatic rings. The molecule has 1 aliphatic carbocycles. The number of carbonyl (C=O) groups is 2. The number of ether oxygens (including phenoxy) is 3. The number of hydrogen-bond acceptors (Lipinski definition) is 5. The zero-order valence-electron chi connectivity index (χ0n) is 15.1. The van der Waals surface area contributed by atoms with E-state index < -0.39 is 12.0 Å². The van der Waals surface area contributed by atoms with Gasteiger partial charge in [0.2, 0.25) is 6.79 Å². The fourth-order valence-electron chi connectivity index (χ4n) is 3.84. The molecule has 0 bridgehead atoms. The first-order valence-corrected chi connectivity index (χ1v) is 9.81. The summed E-state index contributed by atoms with van der Waals surface area (Å²) >= 11 is 3.52. The first-order chi connectivity index (χ1) is 12.9. The summed E-state index contributed by atoms with van der Waals surface area (Å²) in [5.74, 6) is 1.14. The quantitative estimate of drug-likeness (QED) is 0.707. The SMILES string of the molecule is CC1=C(C(=O)O[C@@H]2CCC[C@@H]2C)[C@H](c2cc3c(cc2Br)OCO3)NC(=O)N1. The summed E-state index contributed by atoms with van der Waals surface area (Å²) in [4.78, 5) is 25.1. The summed E-state index contributed by atoms with van der Waals surface area (Å²) in [7, 11) is 0. The lowest BCUT2D eigenvalue weighted by atomic mass is 9.95. The number of rotatable bonds is 3. The first-order valence-electron chi connectivity index (χ1n) is 9.02. The molecule has 2 N–H and O–H groups in total. The summed E-state index contributed by atoms with van der Waals surface area (Å²) in [5, 5.41) is 5.50. The Bertz CT molecular complexity index is 838. The van der Waals surface area contributed by atoms with Crippen LogP contribution in [0.3, 0.4) is 0 Å². The highest BCUT2D eigenvalue weighted by atomic mass is 79.9. The zero-order valence-corrected chi connectivity index (χ0v) is 16.7. The molecular formula is C19H21BrN2O5. The topological polar surface area (TPSA) is 85.9 Å². The van der Waals surface area contributed by atoms with Gasteiger partial charge < -0.3 is 24.8 Å². The monoisotopic (exact) mass is 436 g/mol. The highest BCUT2D eigenvalue weighted by molar-refractivity contribution is 9.10. The zero-order chi connectivity index (χ0) is 19.1. The van der Waals surface area contributed by atoms with Crippen LogP contribution in [0.25, 0.3) is 0 Å². The molecule has 1 fully saturated rings. The minimum atomic E-state index is -0.646. The molecular weight excluding hydrogens is 416 g/mol. The number of halogens is 1. The first kappa shape index (κ1) is 18.2. The van der Waals surface area contributed by atoms with E-state index in [0.29, 0.717) is 38.7 Å². The third-order valence-corrected chi connectivity index (χ3v) is 6.02. The van der Waals surface area contributed by atoms with Crippen molar-refractivity contribution in [3.63, 3.8) is 0 Å². The van der Waals surface area contributed by atoms with E-state index in [0.717, 1.165) is 19.3 Å². The molecule has 4 rings (SSSR count). The molecule has 0 aromatic heterocycles. The predicted molar refractivity (Wildman–Crippen MR) is 100 cm³/mol. The molecule has 0 spiro atoms.